The lowest BCUT2D eigenvalue weighted by atomic mass is 10.1. The Morgan fingerprint density at radius 1 is 1.00 bits per heavy atom. The van der Waals surface area contributed by atoms with E-state index in [4.69, 9.17) is 0 Å². The van der Waals surface area contributed by atoms with Crippen molar-refractivity contribution in [2.45, 2.75) is 76.2 Å². The molecule has 1 aliphatic heterocycles. The van der Waals surface area contributed by atoms with Crippen molar-refractivity contribution in [3.8, 4) is 0 Å². The first-order chi connectivity index (χ1) is 10.6. The van der Waals surface area contributed by atoms with E-state index in [2.05, 4.69) is 6.92 Å². The van der Waals surface area contributed by atoms with Crippen molar-refractivity contribution in [1.82, 2.24) is 4.31 Å². The van der Waals surface area contributed by atoms with Crippen LogP contribution in [0.5, 0.6) is 0 Å². The molecule has 0 aliphatic carbocycles. The number of rotatable bonds is 10. The predicted molar refractivity (Wildman–Crippen MR) is 91.5 cm³/mol. The minimum Gasteiger partial charge on any atom is -0.207 e. The maximum absolute atomic E-state index is 12.4. The van der Waals surface area contributed by atoms with E-state index in [1.165, 1.54) is 38.5 Å². The minimum atomic E-state index is -3.25. The third-order valence-corrected chi connectivity index (χ3v) is 6.37. The Kier molecular flexibility index (Phi) is 6.45. The van der Waals surface area contributed by atoms with Crippen LogP contribution < -0.4 is 0 Å². The summed E-state index contributed by atoms with van der Waals surface area (Å²) in [5.74, 6) is 0. The van der Waals surface area contributed by atoms with Crippen molar-refractivity contribution in [3.05, 3.63) is 29.8 Å². The van der Waals surface area contributed by atoms with Gasteiger partial charge >= 0.3 is 0 Å². The molecule has 0 amide bonds. The van der Waals surface area contributed by atoms with Crippen LogP contribution in [0.25, 0.3) is 0 Å². The van der Waals surface area contributed by atoms with Gasteiger partial charge in [-0.05, 0) is 25.5 Å². The molecule has 124 valence electrons. The normalized spacial score (nSPS) is 21.0. The van der Waals surface area contributed by atoms with Gasteiger partial charge in [-0.25, -0.2) is 8.42 Å². The summed E-state index contributed by atoms with van der Waals surface area (Å²) >= 11 is 0. The summed E-state index contributed by atoms with van der Waals surface area (Å²) < 4.78 is 26.5. The summed E-state index contributed by atoms with van der Waals surface area (Å²) in [6.07, 6.45) is 9.97. The maximum atomic E-state index is 12.4. The second-order valence-corrected chi connectivity index (χ2v) is 8.34. The molecule has 4 heteroatoms. The van der Waals surface area contributed by atoms with Crippen molar-refractivity contribution >= 4 is 10.0 Å². The highest BCUT2D eigenvalue weighted by Crippen LogP contribution is 2.31. The van der Waals surface area contributed by atoms with Crippen molar-refractivity contribution in [2.75, 3.05) is 6.54 Å². The van der Waals surface area contributed by atoms with Crippen LogP contribution in [0.2, 0.25) is 0 Å². The fourth-order valence-electron chi connectivity index (χ4n) is 2.87. The Bertz CT molecular complexity index is 551. The first kappa shape index (κ1) is 17.5. The topological polar surface area (TPSA) is 37.1 Å². The number of aryl methyl sites for hydroxylation is 1. The molecule has 1 saturated heterocycles. The smallest absolute Gasteiger partial charge is 0.207 e. The molecular formula is C18H29NO2S. The van der Waals surface area contributed by atoms with Gasteiger partial charge in [0, 0.05) is 12.6 Å². The molecule has 2 atom stereocenters. The van der Waals surface area contributed by atoms with E-state index >= 15 is 0 Å². The van der Waals surface area contributed by atoms with Gasteiger partial charge in [-0.2, -0.15) is 4.31 Å². The molecule has 1 heterocycles. The second-order valence-electron chi connectivity index (χ2n) is 6.45. The van der Waals surface area contributed by atoms with Crippen LogP contribution in [0.3, 0.4) is 0 Å². The lowest BCUT2D eigenvalue weighted by Gasteiger charge is -2.07. The van der Waals surface area contributed by atoms with Gasteiger partial charge in [0.15, 0.2) is 0 Å². The molecule has 0 aromatic heterocycles. The number of unbranched alkanes of at least 4 members (excludes halogenated alkanes) is 6. The molecule has 0 bridgehead atoms. The van der Waals surface area contributed by atoms with Crippen molar-refractivity contribution < 1.29 is 8.42 Å². The van der Waals surface area contributed by atoms with Crippen LogP contribution in [-0.2, 0) is 10.0 Å². The molecule has 1 aromatic carbocycles. The van der Waals surface area contributed by atoms with Gasteiger partial charge in [0.2, 0.25) is 10.0 Å². The van der Waals surface area contributed by atoms with Crippen LogP contribution in [-0.4, -0.2) is 25.3 Å². The zero-order valence-electron chi connectivity index (χ0n) is 13.9. The van der Waals surface area contributed by atoms with E-state index in [1.807, 2.05) is 19.1 Å². The molecule has 0 N–H and O–H groups in total. The molecular weight excluding hydrogens is 294 g/mol. The lowest BCUT2D eigenvalue weighted by molar-refractivity contribution is 0.531. The number of benzene rings is 1. The van der Waals surface area contributed by atoms with Crippen molar-refractivity contribution in [1.29, 1.82) is 0 Å². The van der Waals surface area contributed by atoms with E-state index < -0.39 is 10.0 Å². The number of hydrogen-bond acceptors (Lipinski definition) is 2. The van der Waals surface area contributed by atoms with E-state index in [0.29, 0.717) is 11.4 Å². The SMILES string of the molecule is CCCCCCCCC[C@@H]1CN1S(=O)(=O)c1ccc(C)cc1. The summed E-state index contributed by atoms with van der Waals surface area (Å²) in [6.45, 7) is 4.90. The Hall–Kier alpha value is -0.870. The third-order valence-electron chi connectivity index (χ3n) is 4.43. The average Bonchev–Trinajstić information content (AvgIpc) is 3.27. The average molecular weight is 324 g/mol. The van der Waals surface area contributed by atoms with E-state index in [9.17, 15) is 8.42 Å². The van der Waals surface area contributed by atoms with Crippen LogP contribution >= 0.6 is 0 Å². The fourth-order valence-corrected chi connectivity index (χ4v) is 4.49. The Morgan fingerprint density at radius 2 is 1.59 bits per heavy atom. The zero-order chi connectivity index (χ0) is 16.0. The number of hydrogen-bond donors (Lipinski definition) is 0. The maximum Gasteiger partial charge on any atom is 0.243 e. The minimum absolute atomic E-state index is 0.238. The highest BCUT2D eigenvalue weighted by Gasteiger charge is 2.43. The van der Waals surface area contributed by atoms with Gasteiger partial charge in [-0.1, -0.05) is 69.6 Å². The van der Waals surface area contributed by atoms with E-state index in [0.717, 1.165) is 18.4 Å². The van der Waals surface area contributed by atoms with E-state index in [1.54, 1.807) is 16.4 Å². The Morgan fingerprint density at radius 3 is 2.23 bits per heavy atom. The highest BCUT2D eigenvalue weighted by molar-refractivity contribution is 7.89. The predicted octanol–water partition coefficient (Wildman–Crippen LogP) is 4.51. The summed E-state index contributed by atoms with van der Waals surface area (Å²) in [6, 6.07) is 7.40. The first-order valence-corrected chi connectivity index (χ1v) is 10.1. The molecule has 0 saturated carbocycles. The van der Waals surface area contributed by atoms with Gasteiger partial charge in [-0.15, -0.1) is 0 Å². The molecule has 3 nitrogen and oxygen atoms in total. The lowest BCUT2D eigenvalue weighted by Crippen LogP contribution is -2.14. The van der Waals surface area contributed by atoms with Gasteiger partial charge in [-0.3, -0.25) is 0 Å². The summed E-state index contributed by atoms with van der Waals surface area (Å²) in [5, 5.41) is 0. The molecule has 0 spiro atoms. The Labute approximate surface area is 135 Å². The molecule has 0 radical (unpaired) electrons. The van der Waals surface area contributed by atoms with Crippen molar-refractivity contribution in [3.63, 3.8) is 0 Å². The van der Waals surface area contributed by atoms with Crippen LogP contribution in [0.15, 0.2) is 29.2 Å². The second kappa shape index (κ2) is 8.11. The summed E-state index contributed by atoms with van der Waals surface area (Å²) in [5.41, 5.74) is 1.09. The van der Waals surface area contributed by atoms with Crippen LogP contribution in [0.4, 0.5) is 0 Å². The fraction of sp³-hybridized carbons (Fsp3) is 0.667. The van der Waals surface area contributed by atoms with Gasteiger partial charge in [0.25, 0.3) is 0 Å². The third kappa shape index (κ3) is 4.82. The monoisotopic (exact) mass is 323 g/mol. The number of sulfonamides is 1. The van der Waals surface area contributed by atoms with Gasteiger partial charge in [0.1, 0.15) is 0 Å². The molecule has 1 aromatic rings. The quantitative estimate of drug-likeness (QED) is 0.469. The Balaban J connectivity index is 1.69. The summed E-state index contributed by atoms with van der Waals surface area (Å²) in [4.78, 5) is 0.431. The summed E-state index contributed by atoms with van der Waals surface area (Å²) in [7, 11) is -3.25. The van der Waals surface area contributed by atoms with Gasteiger partial charge in [0.05, 0.1) is 4.90 Å². The molecule has 22 heavy (non-hydrogen) atoms. The van der Waals surface area contributed by atoms with Crippen molar-refractivity contribution in [2.24, 2.45) is 0 Å². The van der Waals surface area contributed by atoms with Crippen LogP contribution in [0, 0.1) is 6.92 Å². The van der Waals surface area contributed by atoms with E-state index in [-0.39, 0.29) is 6.04 Å². The first-order valence-electron chi connectivity index (χ1n) is 8.64. The van der Waals surface area contributed by atoms with Gasteiger partial charge < -0.3 is 0 Å². The number of nitrogens with zero attached hydrogens (tertiary/aromatic N) is 1. The highest BCUT2D eigenvalue weighted by atomic mass is 32.2. The largest absolute Gasteiger partial charge is 0.243 e. The van der Waals surface area contributed by atoms with Crippen LogP contribution in [0.1, 0.15) is 63.9 Å². The standard InChI is InChI=1S/C18H29NO2S/c1-3-4-5-6-7-8-9-10-17-15-19(17)22(20,21)18-13-11-16(2)12-14-18/h11-14,17H,3-10,15H2,1-2H3/t17-,19?/m1/s1. The molecule has 1 aliphatic rings. The molecule has 1 fully saturated rings. The molecule has 2 rings (SSSR count). The molecule has 1 unspecified atom stereocenters. The zero-order valence-corrected chi connectivity index (χ0v) is 14.7.